The van der Waals surface area contributed by atoms with Crippen molar-refractivity contribution in [2.75, 3.05) is 20.3 Å². The van der Waals surface area contributed by atoms with E-state index in [0.717, 1.165) is 6.07 Å². The highest BCUT2D eigenvalue weighted by Gasteiger charge is 2.24. The van der Waals surface area contributed by atoms with E-state index in [1.807, 2.05) is 20.8 Å². The summed E-state index contributed by atoms with van der Waals surface area (Å²) in [6.07, 6.45) is 0. The quantitative estimate of drug-likeness (QED) is 0.757. The minimum atomic E-state index is -0.636. The molecule has 1 rings (SSSR count). The van der Waals surface area contributed by atoms with Crippen LogP contribution in [0.15, 0.2) is 12.1 Å². The topological polar surface area (TPSA) is 18.5 Å². The number of hydrogen-bond acceptors (Lipinski definition) is 2. The first kappa shape index (κ1) is 13.9. The Morgan fingerprint density at radius 1 is 1.12 bits per heavy atom. The molecule has 0 aliphatic heterocycles. The van der Waals surface area contributed by atoms with E-state index in [2.05, 4.69) is 0 Å². The molecule has 0 aliphatic rings. The average molecular weight is 244 g/mol. The van der Waals surface area contributed by atoms with Gasteiger partial charge in [0.1, 0.15) is 24.0 Å². The maximum Gasteiger partial charge on any atom is 0.133 e. The van der Waals surface area contributed by atoms with Crippen molar-refractivity contribution in [1.82, 2.24) is 0 Å². The molecule has 0 aromatic heterocycles. The fourth-order valence-corrected chi connectivity index (χ4v) is 1.63. The summed E-state index contributed by atoms with van der Waals surface area (Å²) < 4.78 is 37.1. The van der Waals surface area contributed by atoms with Gasteiger partial charge in [0.25, 0.3) is 0 Å². The molecule has 0 aliphatic carbocycles. The molecule has 0 radical (unpaired) electrons. The van der Waals surface area contributed by atoms with Crippen molar-refractivity contribution in [2.45, 2.75) is 26.2 Å². The van der Waals surface area contributed by atoms with E-state index in [-0.39, 0.29) is 12.4 Å². The SMILES string of the molecule is COCCOc1cc(F)cc(F)c1C(C)(C)C. The molecule has 0 bridgehead atoms. The molecule has 0 atom stereocenters. The van der Waals surface area contributed by atoms with Gasteiger partial charge in [-0.25, -0.2) is 8.78 Å². The zero-order valence-electron chi connectivity index (χ0n) is 10.6. The van der Waals surface area contributed by atoms with Crippen LogP contribution in [0.3, 0.4) is 0 Å². The molecule has 1 aromatic rings. The summed E-state index contributed by atoms with van der Waals surface area (Å²) in [5.74, 6) is -0.972. The van der Waals surface area contributed by atoms with Crippen molar-refractivity contribution in [3.05, 3.63) is 29.3 Å². The number of methoxy groups -OCH3 is 1. The Kier molecular flexibility index (Phi) is 4.46. The molecule has 4 heteroatoms. The smallest absolute Gasteiger partial charge is 0.133 e. The molecule has 0 heterocycles. The van der Waals surface area contributed by atoms with Gasteiger partial charge in [-0.2, -0.15) is 0 Å². The zero-order valence-corrected chi connectivity index (χ0v) is 10.6. The van der Waals surface area contributed by atoms with Crippen molar-refractivity contribution in [1.29, 1.82) is 0 Å². The van der Waals surface area contributed by atoms with Gasteiger partial charge in [0, 0.05) is 24.8 Å². The van der Waals surface area contributed by atoms with E-state index < -0.39 is 17.0 Å². The molecule has 0 unspecified atom stereocenters. The monoisotopic (exact) mass is 244 g/mol. The van der Waals surface area contributed by atoms with E-state index in [4.69, 9.17) is 9.47 Å². The Hall–Kier alpha value is -1.16. The van der Waals surface area contributed by atoms with Crippen LogP contribution in [0.4, 0.5) is 8.78 Å². The molecule has 17 heavy (non-hydrogen) atoms. The minimum absolute atomic E-state index is 0.243. The van der Waals surface area contributed by atoms with Crippen molar-refractivity contribution in [3.8, 4) is 5.75 Å². The Morgan fingerprint density at radius 2 is 1.76 bits per heavy atom. The number of hydrogen-bond donors (Lipinski definition) is 0. The summed E-state index contributed by atoms with van der Waals surface area (Å²) in [7, 11) is 1.54. The minimum Gasteiger partial charge on any atom is -0.491 e. The zero-order chi connectivity index (χ0) is 13.1. The van der Waals surface area contributed by atoms with Crippen LogP contribution >= 0.6 is 0 Å². The molecular weight excluding hydrogens is 226 g/mol. The molecule has 0 amide bonds. The van der Waals surface area contributed by atoms with Gasteiger partial charge in [-0.1, -0.05) is 20.8 Å². The second-order valence-electron chi connectivity index (χ2n) is 4.85. The lowest BCUT2D eigenvalue weighted by Crippen LogP contribution is -2.17. The van der Waals surface area contributed by atoms with Gasteiger partial charge in [0.2, 0.25) is 0 Å². The molecular formula is C13H18F2O2. The molecule has 1 aromatic carbocycles. The normalized spacial score (nSPS) is 11.6. The average Bonchev–Trinajstić information content (AvgIpc) is 2.14. The highest BCUT2D eigenvalue weighted by Crippen LogP contribution is 2.34. The van der Waals surface area contributed by atoms with Crippen LogP contribution in [0.1, 0.15) is 26.3 Å². The van der Waals surface area contributed by atoms with Gasteiger partial charge in [-0.3, -0.25) is 0 Å². The number of ether oxygens (including phenoxy) is 2. The van der Waals surface area contributed by atoms with Crippen molar-refractivity contribution >= 4 is 0 Å². The van der Waals surface area contributed by atoms with Crippen molar-refractivity contribution in [3.63, 3.8) is 0 Å². The fourth-order valence-electron chi connectivity index (χ4n) is 1.63. The van der Waals surface area contributed by atoms with Crippen LogP contribution in [0.2, 0.25) is 0 Å². The predicted molar refractivity (Wildman–Crippen MR) is 62.4 cm³/mol. The third-order valence-electron chi connectivity index (χ3n) is 2.31. The highest BCUT2D eigenvalue weighted by molar-refractivity contribution is 5.40. The maximum absolute atomic E-state index is 13.8. The second kappa shape index (κ2) is 5.45. The van der Waals surface area contributed by atoms with Gasteiger partial charge in [-0.05, 0) is 5.41 Å². The van der Waals surface area contributed by atoms with Crippen LogP contribution in [0.25, 0.3) is 0 Å². The Bertz CT molecular complexity index is 384. The molecule has 0 fully saturated rings. The molecule has 96 valence electrons. The van der Waals surface area contributed by atoms with Crippen LogP contribution < -0.4 is 4.74 Å². The van der Waals surface area contributed by atoms with E-state index in [1.165, 1.54) is 6.07 Å². The van der Waals surface area contributed by atoms with E-state index >= 15 is 0 Å². The largest absolute Gasteiger partial charge is 0.491 e. The first-order valence-electron chi connectivity index (χ1n) is 5.47. The molecule has 0 N–H and O–H groups in total. The van der Waals surface area contributed by atoms with Crippen LogP contribution in [0.5, 0.6) is 5.75 Å². The molecule has 0 saturated heterocycles. The predicted octanol–water partition coefficient (Wildman–Crippen LogP) is 3.29. The van der Waals surface area contributed by atoms with Gasteiger partial charge < -0.3 is 9.47 Å². The lowest BCUT2D eigenvalue weighted by molar-refractivity contribution is 0.144. The second-order valence-corrected chi connectivity index (χ2v) is 4.85. The van der Waals surface area contributed by atoms with Gasteiger partial charge in [-0.15, -0.1) is 0 Å². The van der Waals surface area contributed by atoms with E-state index in [9.17, 15) is 8.78 Å². The van der Waals surface area contributed by atoms with E-state index in [0.29, 0.717) is 12.2 Å². The third-order valence-corrected chi connectivity index (χ3v) is 2.31. The van der Waals surface area contributed by atoms with Gasteiger partial charge in [0.15, 0.2) is 0 Å². The Balaban J connectivity index is 3.08. The molecule has 0 saturated carbocycles. The third kappa shape index (κ3) is 3.66. The van der Waals surface area contributed by atoms with Gasteiger partial charge >= 0.3 is 0 Å². The molecule has 2 nitrogen and oxygen atoms in total. The maximum atomic E-state index is 13.8. The summed E-state index contributed by atoms with van der Waals surface area (Å²) in [6.45, 7) is 6.20. The number of halogens is 2. The van der Waals surface area contributed by atoms with Crippen molar-refractivity contribution < 1.29 is 18.3 Å². The summed E-state index contributed by atoms with van der Waals surface area (Å²) in [6, 6.07) is 2.09. The van der Waals surface area contributed by atoms with Crippen LogP contribution in [-0.4, -0.2) is 20.3 Å². The number of rotatable bonds is 4. The number of benzene rings is 1. The lowest BCUT2D eigenvalue weighted by Gasteiger charge is -2.23. The van der Waals surface area contributed by atoms with Crippen LogP contribution in [0, 0.1) is 11.6 Å². The highest BCUT2D eigenvalue weighted by atomic mass is 19.1. The van der Waals surface area contributed by atoms with E-state index in [1.54, 1.807) is 7.11 Å². The fraction of sp³-hybridized carbons (Fsp3) is 0.538. The van der Waals surface area contributed by atoms with Crippen molar-refractivity contribution in [2.24, 2.45) is 0 Å². The Morgan fingerprint density at radius 3 is 2.29 bits per heavy atom. The van der Waals surface area contributed by atoms with Crippen LogP contribution in [-0.2, 0) is 10.2 Å². The first-order chi connectivity index (χ1) is 7.86. The summed E-state index contributed by atoms with van der Waals surface area (Å²) in [5, 5.41) is 0. The summed E-state index contributed by atoms with van der Waals surface area (Å²) in [4.78, 5) is 0. The standard InChI is InChI=1S/C13H18F2O2/c1-13(2,3)12-10(15)7-9(14)8-11(12)17-6-5-16-4/h7-8H,5-6H2,1-4H3. The summed E-state index contributed by atoms with van der Waals surface area (Å²) >= 11 is 0. The Labute approximate surface area is 101 Å². The molecule has 0 spiro atoms. The van der Waals surface area contributed by atoms with Gasteiger partial charge in [0.05, 0.1) is 6.61 Å². The first-order valence-corrected chi connectivity index (χ1v) is 5.47. The lowest BCUT2D eigenvalue weighted by atomic mass is 9.86. The summed E-state index contributed by atoms with van der Waals surface area (Å²) in [5.41, 5.74) is -0.0600.